The molecule has 1 unspecified atom stereocenters. The zero-order chi connectivity index (χ0) is 24.5. The summed E-state index contributed by atoms with van der Waals surface area (Å²) in [5.41, 5.74) is 0.817. The Morgan fingerprint density at radius 3 is 2.53 bits per heavy atom. The SMILES string of the molecule is CCCC1(CCC)CC(O)=C(C(c2cccc(NS(=O)(=O)c3nccn3C)c2)C2CC2)C(=O)O1. The maximum atomic E-state index is 13.3. The largest absolute Gasteiger partial charge is 0.512 e. The molecule has 8 nitrogen and oxygen atoms in total. The molecule has 1 aromatic heterocycles. The summed E-state index contributed by atoms with van der Waals surface area (Å²) < 4.78 is 35.6. The van der Waals surface area contributed by atoms with Crippen LogP contribution in [0.5, 0.6) is 0 Å². The summed E-state index contributed by atoms with van der Waals surface area (Å²) in [5.74, 6) is -0.488. The Balaban J connectivity index is 1.66. The first-order valence-corrected chi connectivity index (χ1v) is 13.4. The first-order valence-electron chi connectivity index (χ1n) is 11.9. The van der Waals surface area contributed by atoms with Crippen LogP contribution in [0.4, 0.5) is 5.69 Å². The van der Waals surface area contributed by atoms with Crippen LogP contribution in [0.1, 0.15) is 70.3 Å². The van der Waals surface area contributed by atoms with Crippen LogP contribution in [0.2, 0.25) is 0 Å². The van der Waals surface area contributed by atoms with Crippen molar-refractivity contribution >= 4 is 21.7 Å². The third kappa shape index (κ3) is 4.85. The van der Waals surface area contributed by atoms with Crippen LogP contribution in [0, 0.1) is 5.92 Å². The average molecular weight is 488 g/mol. The van der Waals surface area contributed by atoms with Gasteiger partial charge in [0.1, 0.15) is 11.4 Å². The van der Waals surface area contributed by atoms with Crippen molar-refractivity contribution in [1.29, 1.82) is 0 Å². The molecule has 1 aliphatic carbocycles. The van der Waals surface area contributed by atoms with Crippen LogP contribution in [-0.4, -0.2) is 34.6 Å². The van der Waals surface area contributed by atoms with E-state index in [2.05, 4.69) is 9.71 Å². The van der Waals surface area contributed by atoms with Crippen LogP contribution < -0.4 is 4.72 Å². The Kier molecular flexibility index (Phi) is 6.75. The van der Waals surface area contributed by atoms with E-state index >= 15 is 0 Å². The number of nitrogens with zero attached hydrogens (tertiary/aromatic N) is 2. The van der Waals surface area contributed by atoms with Gasteiger partial charge in [0, 0.05) is 37.5 Å². The van der Waals surface area contributed by atoms with E-state index in [0.29, 0.717) is 30.5 Å². The van der Waals surface area contributed by atoms with Gasteiger partial charge in [-0.25, -0.2) is 9.78 Å². The molecule has 1 fully saturated rings. The lowest BCUT2D eigenvalue weighted by Gasteiger charge is -2.38. The molecular formula is C25H33N3O5S. The van der Waals surface area contributed by atoms with Crippen LogP contribution >= 0.6 is 0 Å². The number of aliphatic hydroxyl groups excluding tert-OH is 1. The molecule has 0 bridgehead atoms. The molecule has 0 saturated heterocycles. The zero-order valence-electron chi connectivity index (χ0n) is 20.0. The standard InChI is InChI=1S/C25H33N3O5S/c1-4-11-25(12-5-2)16-20(29)22(23(30)33-25)21(17-9-10-17)18-7-6-8-19(15-18)27-34(31,32)24-26-13-14-28(24)3/h6-8,13-15,17,21,27,29H,4-5,9-12,16H2,1-3H3. The number of carbonyl (C=O) groups excluding carboxylic acids is 1. The molecule has 184 valence electrons. The van der Waals surface area contributed by atoms with Gasteiger partial charge in [-0.1, -0.05) is 38.8 Å². The van der Waals surface area contributed by atoms with E-state index in [1.54, 1.807) is 31.4 Å². The van der Waals surface area contributed by atoms with Gasteiger partial charge in [0.05, 0.1) is 5.57 Å². The summed E-state index contributed by atoms with van der Waals surface area (Å²) in [6.07, 6.45) is 8.33. The van der Waals surface area contributed by atoms with E-state index in [1.165, 1.54) is 10.8 Å². The molecular weight excluding hydrogens is 454 g/mol. The first-order chi connectivity index (χ1) is 16.2. The molecule has 1 aromatic carbocycles. The highest BCUT2D eigenvalue weighted by molar-refractivity contribution is 7.92. The number of esters is 1. The van der Waals surface area contributed by atoms with Crippen molar-refractivity contribution in [1.82, 2.24) is 9.55 Å². The maximum Gasteiger partial charge on any atom is 0.338 e. The van der Waals surface area contributed by atoms with Gasteiger partial charge in [0.25, 0.3) is 10.0 Å². The van der Waals surface area contributed by atoms with E-state index in [1.807, 2.05) is 19.9 Å². The normalized spacial score (nSPS) is 19.1. The molecule has 34 heavy (non-hydrogen) atoms. The number of imidazole rings is 1. The molecule has 2 aromatic rings. The number of aliphatic hydroxyl groups is 1. The number of nitrogens with one attached hydrogen (secondary N) is 1. The van der Waals surface area contributed by atoms with Crippen molar-refractivity contribution in [2.24, 2.45) is 13.0 Å². The van der Waals surface area contributed by atoms with Crippen LogP contribution in [0.3, 0.4) is 0 Å². The highest BCUT2D eigenvalue weighted by atomic mass is 32.2. The lowest BCUT2D eigenvalue weighted by Crippen LogP contribution is -2.41. The molecule has 9 heteroatoms. The number of sulfonamides is 1. The highest BCUT2D eigenvalue weighted by Gasteiger charge is 2.46. The topological polar surface area (TPSA) is 111 Å². The van der Waals surface area contributed by atoms with E-state index in [0.717, 1.165) is 31.2 Å². The summed E-state index contributed by atoms with van der Waals surface area (Å²) in [6, 6.07) is 7.02. The third-order valence-electron chi connectivity index (χ3n) is 6.66. The molecule has 1 saturated carbocycles. The van der Waals surface area contributed by atoms with Gasteiger partial charge in [-0.3, -0.25) is 4.72 Å². The van der Waals surface area contributed by atoms with E-state index in [-0.39, 0.29) is 22.8 Å². The number of aryl methyl sites for hydroxylation is 1. The number of ether oxygens (including phenoxy) is 1. The monoisotopic (exact) mass is 487 g/mol. The summed E-state index contributed by atoms with van der Waals surface area (Å²) >= 11 is 0. The fourth-order valence-corrected chi connectivity index (χ4v) is 6.31. The Morgan fingerprint density at radius 2 is 1.97 bits per heavy atom. The van der Waals surface area contributed by atoms with Gasteiger partial charge in [0.15, 0.2) is 0 Å². The van der Waals surface area contributed by atoms with E-state index < -0.39 is 21.6 Å². The number of anilines is 1. The van der Waals surface area contributed by atoms with Gasteiger partial charge in [-0.15, -0.1) is 0 Å². The second-order valence-corrected chi connectivity index (χ2v) is 11.1. The number of hydrogen-bond acceptors (Lipinski definition) is 6. The van der Waals surface area contributed by atoms with Gasteiger partial charge < -0.3 is 14.4 Å². The molecule has 1 atom stereocenters. The number of cyclic esters (lactones) is 1. The van der Waals surface area contributed by atoms with Crippen LogP contribution in [-0.2, 0) is 26.6 Å². The van der Waals surface area contributed by atoms with Gasteiger partial charge in [-0.05, 0) is 49.3 Å². The molecule has 4 rings (SSSR count). The van der Waals surface area contributed by atoms with Crippen molar-refractivity contribution in [3.63, 3.8) is 0 Å². The van der Waals surface area contributed by atoms with Crippen molar-refractivity contribution in [3.8, 4) is 0 Å². The van der Waals surface area contributed by atoms with Crippen molar-refractivity contribution in [2.45, 2.75) is 75.5 Å². The van der Waals surface area contributed by atoms with Gasteiger partial charge in [-0.2, -0.15) is 8.42 Å². The molecule has 1 aliphatic heterocycles. The second-order valence-electron chi connectivity index (χ2n) is 9.48. The first kappa shape index (κ1) is 24.3. The lowest BCUT2D eigenvalue weighted by molar-refractivity contribution is -0.161. The zero-order valence-corrected chi connectivity index (χ0v) is 20.8. The summed E-state index contributed by atoms with van der Waals surface area (Å²) in [6.45, 7) is 4.10. The van der Waals surface area contributed by atoms with Crippen LogP contribution in [0.15, 0.2) is 53.1 Å². The molecule has 0 amide bonds. The predicted molar refractivity (Wildman–Crippen MR) is 129 cm³/mol. The van der Waals surface area contributed by atoms with Crippen molar-refractivity contribution < 1.29 is 23.1 Å². The number of benzene rings is 1. The highest BCUT2D eigenvalue weighted by Crippen LogP contribution is 2.50. The molecule has 0 spiro atoms. The fraction of sp³-hybridized carbons (Fsp3) is 0.520. The van der Waals surface area contributed by atoms with Crippen molar-refractivity contribution in [3.05, 3.63) is 53.6 Å². The Bertz CT molecular complexity index is 1190. The number of hydrogen-bond donors (Lipinski definition) is 2. The van der Waals surface area contributed by atoms with Gasteiger partial charge in [0.2, 0.25) is 5.16 Å². The summed E-state index contributed by atoms with van der Waals surface area (Å²) in [4.78, 5) is 17.2. The quantitative estimate of drug-likeness (QED) is 0.465. The molecule has 2 aliphatic rings. The summed E-state index contributed by atoms with van der Waals surface area (Å²) in [5, 5.41) is 11.0. The Hall–Kier alpha value is -2.81. The Labute approximate surface area is 201 Å². The maximum absolute atomic E-state index is 13.3. The van der Waals surface area contributed by atoms with E-state index in [9.17, 15) is 18.3 Å². The molecule has 0 radical (unpaired) electrons. The minimum atomic E-state index is -3.87. The van der Waals surface area contributed by atoms with E-state index in [4.69, 9.17) is 4.74 Å². The average Bonchev–Trinajstić information content (AvgIpc) is 3.49. The third-order valence-corrected chi connectivity index (χ3v) is 8.04. The summed E-state index contributed by atoms with van der Waals surface area (Å²) in [7, 11) is -2.26. The smallest absolute Gasteiger partial charge is 0.338 e. The number of rotatable bonds is 10. The molecule has 2 heterocycles. The number of aromatic nitrogens is 2. The minimum absolute atomic E-state index is 0.0870. The predicted octanol–water partition coefficient (Wildman–Crippen LogP) is 4.81. The van der Waals surface area contributed by atoms with Crippen molar-refractivity contribution in [2.75, 3.05) is 4.72 Å². The minimum Gasteiger partial charge on any atom is -0.512 e. The fourth-order valence-electron chi connectivity index (χ4n) is 5.14. The number of carbonyl (C=O) groups is 1. The Morgan fingerprint density at radius 1 is 1.26 bits per heavy atom. The van der Waals surface area contributed by atoms with Gasteiger partial charge >= 0.3 is 5.97 Å². The second kappa shape index (κ2) is 9.44. The molecule has 2 N–H and O–H groups in total. The lowest BCUT2D eigenvalue weighted by atomic mass is 9.79. The van der Waals surface area contributed by atoms with Crippen LogP contribution in [0.25, 0.3) is 0 Å².